The van der Waals surface area contributed by atoms with Gasteiger partial charge in [-0.2, -0.15) is 0 Å². The fraction of sp³-hybridized carbons (Fsp3) is 0.300. The topological polar surface area (TPSA) is 341 Å². The van der Waals surface area contributed by atoms with Gasteiger partial charge in [-0.05, 0) is 48.5 Å². The van der Waals surface area contributed by atoms with Crippen LogP contribution in [0.3, 0.4) is 0 Å². The van der Waals surface area contributed by atoms with Gasteiger partial charge in [0.05, 0.1) is 49.1 Å². The first-order valence-electron chi connectivity index (χ1n) is 27.5. The predicted molar refractivity (Wildman–Crippen MR) is 335 cm³/mol. The van der Waals surface area contributed by atoms with E-state index in [0.717, 1.165) is 160 Å². The average molecular weight is 1320 g/mol. The van der Waals surface area contributed by atoms with Crippen molar-refractivity contribution in [2.24, 2.45) is 9.98 Å². The van der Waals surface area contributed by atoms with Crippen molar-refractivity contribution in [3.63, 3.8) is 0 Å². The number of carbonyl (C=O) groups is 6. The zero-order chi connectivity index (χ0) is 65.3. The molecule has 4 aliphatic heterocycles. The molecule has 10 rings (SSSR count). The minimum Gasteiger partial charge on any atom is -0.478 e. The number of ether oxygens (including phenoxy) is 2. The number of halogens is 4. The van der Waals surface area contributed by atoms with E-state index in [1.54, 1.807) is 14.2 Å². The SMILES string of the molecule is COCCN1CCN(Cc2nnc3n2-c2ccc(Cl)cc2C(c2ccccc2Cl)=NC3)CC1.COCCN1CCN(Cc2nnc3n2-c2ccc(Cl)cc2C(c2ccccc2Cl)=NC3)CC1.O=C(O)/C=C/C(=O)O.O=C(O)/C=C/C(=O)O.O=C(O)/C=C/C(=O)O. The maximum absolute atomic E-state index is 9.55. The standard InChI is InChI=1S/2C24H26Cl2N6O.3C4H4O4/c2*1-33-13-12-30-8-10-31(11-9-30)16-23-29-28-22-15-27-24(18-4-2-3-5-20(18)26)19-14-17(25)6-7-21(19)32(22)23;3*5-3(6)1-2-4(7)8/h2*2-7,14H,8-13,15-16H2,1H3;3*1-2H,(H,5,6)(H,7,8)/b;;3*2-1+. The Morgan fingerprint density at radius 1 is 0.433 bits per heavy atom. The Balaban J connectivity index is 0.000000211. The van der Waals surface area contributed by atoms with Crippen molar-refractivity contribution in [1.82, 2.24) is 49.1 Å². The molecule has 26 nitrogen and oxygen atoms in total. The maximum Gasteiger partial charge on any atom is 0.328 e. The molecule has 476 valence electrons. The number of methoxy groups -OCH3 is 2. The van der Waals surface area contributed by atoms with Crippen molar-refractivity contribution >= 4 is 93.6 Å². The Kier molecular flexibility index (Phi) is 27.9. The zero-order valence-electron chi connectivity index (χ0n) is 48.7. The zero-order valence-corrected chi connectivity index (χ0v) is 51.7. The lowest BCUT2D eigenvalue weighted by Crippen LogP contribution is -2.47. The van der Waals surface area contributed by atoms with Crippen LogP contribution in [0.2, 0.25) is 20.1 Å². The van der Waals surface area contributed by atoms with Crippen LogP contribution < -0.4 is 0 Å². The number of aliphatic imine (C=N–C) groups is 2. The van der Waals surface area contributed by atoms with E-state index in [4.69, 9.17) is 96.5 Å². The largest absolute Gasteiger partial charge is 0.478 e. The molecule has 6 aromatic rings. The van der Waals surface area contributed by atoms with E-state index in [0.29, 0.717) is 69.6 Å². The molecular weight excluding hydrogens is 1250 g/mol. The molecule has 0 radical (unpaired) electrons. The Labute approximate surface area is 536 Å². The number of carboxylic acids is 6. The molecule has 2 saturated heterocycles. The van der Waals surface area contributed by atoms with Crippen LogP contribution in [-0.4, -0.2) is 220 Å². The van der Waals surface area contributed by atoms with Crippen LogP contribution in [0, 0.1) is 0 Å². The summed E-state index contributed by atoms with van der Waals surface area (Å²) in [6, 6.07) is 27.3. The number of benzene rings is 4. The molecule has 6 N–H and O–H groups in total. The number of aliphatic carboxylic acids is 6. The van der Waals surface area contributed by atoms with Gasteiger partial charge < -0.3 is 40.1 Å². The lowest BCUT2D eigenvalue weighted by molar-refractivity contribution is -0.134. The highest BCUT2D eigenvalue weighted by atomic mass is 35.5. The van der Waals surface area contributed by atoms with E-state index in [1.807, 2.05) is 84.9 Å². The number of aromatic nitrogens is 6. The molecule has 90 heavy (non-hydrogen) atoms. The first-order chi connectivity index (χ1) is 43.1. The van der Waals surface area contributed by atoms with Gasteiger partial charge >= 0.3 is 35.8 Å². The highest BCUT2D eigenvalue weighted by Gasteiger charge is 2.29. The van der Waals surface area contributed by atoms with Gasteiger partial charge in [-0.1, -0.05) is 82.8 Å². The third-order valence-corrected chi connectivity index (χ3v) is 14.6. The molecule has 2 fully saturated rings. The van der Waals surface area contributed by atoms with Crippen LogP contribution in [0.1, 0.15) is 45.6 Å². The molecule has 30 heteroatoms. The van der Waals surface area contributed by atoms with Gasteiger partial charge in [0.1, 0.15) is 13.1 Å². The van der Waals surface area contributed by atoms with Gasteiger partial charge in [0.15, 0.2) is 23.3 Å². The third-order valence-electron chi connectivity index (χ3n) is 13.5. The summed E-state index contributed by atoms with van der Waals surface area (Å²) in [5.74, 6) is -4.09. The van der Waals surface area contributed by atoms with Crippen LogP contribution >= 0.6 is 46.4 Å². The molecule has 0 spiro atoms. The van der Waals surface area contributed by atoms with Gasteiger partial charge in [-0.15, -0.1) is 20.4 Å². The number of hydrogen-bond donors (Lipinski definition) is 6. The van der Waals surface area contributed by atoms with E-state index in [2.05, 4.69) is 49.1 Å². The van der Waals surface area contributed by atoms with Crippen LogP contribution in [0.25, 0.3) is 11.4 Å². The highest BCUT2D eigenvalue weighted by Crippen LogP contribution is 2.33. The maximum atomic E-state index is 9.55. The molecule has 0 aliphatic carbocycles. The molecule has 4 aromatic carbocycles. The number of nitrogens with zero attached hydrogens (tertiary/aromatic N) is 12. The summed E-state index contributed by atoms with van der Waals surface area (Å²) < 4.78 is 14.7. The highest BCUT2D eigenvalue weighted by molar-refractivity contribution is 6.37. The Hall–Kier alpha value is -8.54. The van der Waals surface area contributed by atoms with E-state index in [1.165, 1.54) is 0 Å². The van der Waals surface area contributed by atoms with Gasteiger partial charge in [0.25, 0.3) is 0 Å². The Bertz CT molecular complexity index is 3340. The molecule has 0 unspecified atom stereocenters. The summed E-state index contributed by atoms with van der Waals surface area (Å²) in [5, 5.41) is 67.6. The Morgan fingerprint density at radius 3 is 1.04 bits per heavy atom. The van der Waals surface area contributed by atoms with Crippen LogP contribution in [-0.2, 0) is 64.4 Å². The second-order valence-electron chi connectivity index (χ2n) is 19.6. The van der Waals surface area contributed by atoms with Gasteiger partial charge in [-0.3, -0.25) is 38.7 Å². The molecule has 0 bridgehead atoms. The second-order valence-corrected chi connectivity index (χ2v) is 21.3. The summed E-state index contributed by atoms with van der Waals surface area (Å²) in [5.41, 5.74) is 7.22. The summed E-state index contributed by atoms with van der Waals surface area (Å²) in [6.45, 7) is 13.8. The minimum atomic E-state index is -1.26. The molecule has 0 saturated carbocycles. The number of carboxylic acid groups (broad SMARTS) is 6. The molecule has 0 atom stereocenters. The Morgan fingerprint density at radius 2 is 0.744 bits per heavy atom. The molecular formula is C60H64Cl4N12O14. The van der Waals surface area contributed by atoms with Gasteiger partial charge in [-0.25, -0.2) is 28.8 Å². The van der Waals surface area contributed by atoms with Gasteiger partial charge in [0.2, 0.25) is 0 Å². The fourth-order valence-electron chi connectivity index (χ4n) is 9.31. The monoisotopic (exact) mass is 1320 g/mol. The first kappa shape index (κ1) is 70.5. The number of rotatable bonds is 18. The molecule has 6 heterocycles. The van der Waals surface area contributed by atoms with E-state index >= 15 is 0 Å². The normalized spacial score (nSPS) is 14.8. The number of piperazine rings is 2. The third kappa shape index (κ3) is 21.6. The van der Waals surface area contributed by atoms with Crippen molar-refractivity contribution in [2.45, 2.75) is 26.2 Å². The summed E-state index contributed by atoms with van der Waals surface area (Å²) in [7, 11) is 3.50. The van der Waals surface area contributed by atoms with E-state index in [-0.39, 0.29) is 0 Å². The van der Waals surface area contributed by atoms with E-state index in [9.17, 15) is 28.8 Å². The summed E-state index contributed by atoms with van der Waals surface area (Å²) >= 11 is 25.9. The number of fused-ring (bicyclic) bond motifs is 6. The number of hydrogen-bond acceptors (Lipinski definition) is 18. The van der Waals surface area contributed by atoms with Crippen molar-refractivity contribution in [1.29, 1.82) is 0 Å². The summed E-state index contributed by atoms with van der Waals surface area (Å²) in [6.07, 6.45) is 3.35. The predicted octanol–water partition coefficient (Wildman–Crippen LogP) is 6.51. The molecule has 4 aliphatic rings. The second kappa shape index (κ2) is 35.6. The quantitative estimate of drug-likeness (QED) is 0.0499. The van der Waals surface area contributed by atoms with Crippen molar-refractivity contribution in [3.05, 3.63) is 187 Å². The molecule has 2 aromatic heterocycles. The first-order valence-corrected chi connectivity index (χ1v) is 29.0. The molecule has 0 amide bonds. The van der Waals surface area contributed by atoms with Crippen molar-refractivity contribution < 1.29 is 68.9 Å². The van der Waals surface area contributed by atoms with E-state index < -0.39 is 35.8 Å². The average Bonchev–Trinajstić information content (AvgIpc) is 1.60. The summed E-state index contributed by atoms with van der Waals surface area (Å²) in [4.78, 5) is 76.8. The van der Waals surface area contributed by atoms with Crippen LogP contribution in [0.15, 0.2) is 131 Å². The van der Waals surface area contributed by atoms with Crippen LogP contribution in [0.4, 0.5) is 0 Å². The lowest BCUT2D eigenvalue weighted by atomic mass is 10.0. The van der Waals surface area contributed by atoms with Crippen molar-refractivity contribution in [3.8, 4) is 11.4 Å². The lowest BCUT2D eigenvalue weighted by Gasteiger charge is -2.34. The van der Waals surface area contributed by atoms with Crippen LogP contribution in [0.5, 0.6) is 0 Å². The van der Waals surface area contributed by atoms with Crippen molar-refractivity contribution in [2.75, 3.05) is 92.9 Å². The van der Waals surface area contributed by atoms with Gasteiger partial charge in [0, 0.05) is 158 Å². The smallest absolute Gasteiger partial charge is 0.328 e. The fourth-order valence-corrected chi connectivity index (χ4v) is 10.1. The minimum absolute atomic E-state index is 0.421.